The zero-order valence-electron chi connectivity index (χ0n) is 38.5. The van der Waals surface area contributed by atoms with Crippen molar-refractivity contribution in [2.24, 2.45) is 23.7 Å². The van der Waals surface area contributed by atoms with Crippen molar-refractivity contribution < 1.29 is 34.0 Å². The molecular formula is C53H78N4O7. The average Bonchev–Trinajstić information content (AvgIpc) is 3.31. The van der Waals surface area contributed by atoms with Gasteiger partial charge in [-0.2, -0.15) is 0 Å². The van der Waals surface area contributed by atoms with Crippen LogP contribution in [0.2, 0.25) is 0 Å². The molecule has 2 saturated heterocycles. The zero-order valence-corrected chi connectivity index (χ0v) is 38.5. The van der Waals surface area contributed by atoms with Crippen LogP contribution in [0.4, 0.5) is 0 Å². The third-order valence-electron chi connectivity index (χ3n) is 13.7. The van der Waals surface area contributed by atoms with Crippen LogP contribution in [0.25, 0.3) is 21.8 Å². The van der Waals surface area contributed by atoms with Crippen LogP contribution in [0, 0.1) is 23.7 Å². The van der Waals surface area contributed by atoms with Gasteiger partial charge in [-0.1, -0.05) is 46.2 Å². The van der Waals surface area contributed by atoms with Crippen molar-refractivity contribution in [3.05, 3.63) is 72.1 Å². The number of esters is 2. The Morgan fingerprint density at radius 3 is 1.52 bits per heavy atom. The molecule has 4 fully saturated rings. The fraction of sp³-hybridized carbons (Fsp3) is 0.623. The van der Waals surface area contributed by atoms with Gasteiger partial charge in [0.2, 0.25) is 0 Å². The number of piperidine rings is 2. The van der Waals surface area contributed by atoms with Crippen molar-refractivity contribution in [3.8, 4) is 11.5 Å². The fourth-order valence-electron chi connectivity index (χ4n) is 9.59. The number of aliphatic hydroxyl groups is 1. The smallest absolute Gasteiger partial charge is 0.309 e. The Kier molecular flexibility index (Phi) is 20.6. The summed E-state index contributed by atoms with van der Waals surface area (Å²) in [6.07, 6.45) is 15.9. The van der Waals surface area contributed by atoms with Crippen molar-refractivity contribution in [2.45, 2.75) is 150 Å². The molecule has 352 valence electrons. The number of fused-ring (bicyclic) bond motifs is 2. The highest BCUT2D eigenvalue weighted by atomic mass is 16.5. The third-order valence-corrected chi connectivity index (χ3v) is 13.7. The molecule has 2 saturated carbocycles. The molecule has 0 bridgehead atoms. The summed E-state index contributed by atoms with van der Waals surface area (Å²) in [7, 11) is 0. The van der Waals surface area contributed by atoms with E-state index in [1.165, 1.54) is 51.4 Å². The highest BCUT2D eigenvalue weighted by Gasteiger charge is 2.28. The SMILES string of the molecule is C.CCC1CCC(O)CC1.CCOC(=O)C1CCN(Cc2ccc3cc(O)ccc3n2)CC1.CCOC(=O)C1CCN(Cc2ccc3cc(OC4CCC(CC)CC4)ccc3n2)CC1. The Hall–Kier alpha value is -4.32. The van der Waals surface area contributed by atoms with E-state index in [0.29, 0.717) is 19.3 Å². The number of rotatable bonds is 12. The molecule has 0 spiro atoms. The van der Waals surface area contributed by atoms with Crippen LogP contribution in [0.1, 0.15) is 136 Å². The van der Waals surface area contributed by atoms with Crippen LogP contribution < -0.4 is 4.74 Å². The number of carbonyl (C=O) groups excluding carboxylic acids is 2. The van der Waals surface area contributed by atoms with Gasteiger partial charge in [-0.15, -0.1) is 0 Å². The molecule has 0 radical (unpaired) electrons. The minimum Gasteiger partial charge on any atom is -0.508 e. The Morgan fingerprint density at radius 2 is 1.05 bits per heavy atom. The molecule has 2 aliphatic carbocycles. The first-order valence-corrected chi connectivity index (χ1v) is 24.2. The van der Waals surface area contributed by atoms with Crippen molar-refractivity contribution in [1.29, 1.82) is 0 Å². The Balaban J connectivity index is 0.000000204. The number of phenols is 1. The lowest BCUT2D eigenvalue weighted by Gasteiger charge is -2.30. The number of likely N-dealkylation sites (tertiary alicyclic amines) is 2. The van der Waals surface area contributed by atoms with Crippen LogP contribution in [0.5, 0.6) is 11.5 Å². The summed E-state index contributed by atoms with van der Waals surface area (Å²) in [5.74, 6) is 3.01. The number of hydrogen-bond acceptors (Lipinski definition) is 11. The fourth-order valence-corrected chi connectivity index (χ4v) is 9.59. The van der Waals surface area contributed by atoms with Crippen molar-refractivity contribution in [1.82, 2.24) is 19.8 Å². The van der Waals surface area contributed by atoms with Crippen LogP contribution in [-0.2, 0) is 32.2 Å². The minimum atomic E-state index is -0.0595. The highest BCUT2D eigenvalue weighted by molar-refractivity contribution is 5.81. The molecule has 4 aromatic rings. The normalized spacial score (nSPS) is 22.3. The van der Waals surface area contributed by atoms with E-state index < -0.39 is 0 Å². The maximum atomic E-state index is 11.9. The molecule has 2 aliphatic heterocycles. The van der Waals surface area contributed by atoms with Crippen molar-refractivity contribution >= 4 is 33.7 Å². The standard InChI is InChI=1S/C26H36N2O3.C18H22N2O3.C8H16O.CH4/c1-3-19-5-9-23(10-6-19)31-24-11-12-25-21(17-24)7-8-22(27-25)18-28-15-13-20(14-16-28)26(29)30-4-2;1-2-23-18(22)13-7-9-20(10-8-13)12-15-4-3-14-11-16(21)5-6-17(14)19-15;1-2-7-3-5-8(9)6-4-7;/h7-8,11-12,17,19-20,23H,3-6,9-10,13-16,18H2,1-2H3;3-6,11,13,21H,2,7-10,12H2,1H3;7-9H,2-6H2,1H3;1H4. The van der Waals surface area contributed by atoms with Gasteiger partial charge in [0.15, 0.2) is 0 Å². The van der Waals surface area contributed by atoms with Crippen molar-refractivity contribution in [3.63, 3.8) is 0 Å². The average molecular weight is 883 g/mol. The maximum Gasteiger partial charge on any atom is 0.309 e. The predicted molar refractivity (Wildman–Crippen MR) is 256 cm³/mol. The first kappa shape index (κ1) is 50.7. The van der Waals surface area contributed by atoms with Gasteiger partial charge < -0.3 is 24.4 Å². The van der Waals surface area contributed by atoms with Gasteiger partial charge in [0.1, 0.15) is 11.5 Å². The lowest BCUT2D eigenvalue weighted by atomic mass is 9.86. The van der Waals surface area contributed by atoms with Gasteiger partial charge in [-0.25, -0.2) is 0 Å². The number of pyridine rings is 2. The number of aromatic hydroxyl groups is 1. The molecule has 0 atom stereocenters. The Labute approximate surface area is 383 Å². The number of aliphatic hydroxyl groups excluding tert-OH is 1. The van der Waals surface area contributed by atoms with Gasteiger partial charge in [0, 0.05) is 23.9 Å². The van der Waals surface area contributed by atoms with Gasteiger partial charge in [-0.3, -0.25) is 29.4 Å². The van der Waals surface area contributed by atoms with Gasteiger partial charge in [0.05, 0.1) is 59.7 Å². The molecule has 4 heterocycles. The summed E-state index contributed by atoms with van der Waals surface area (Å²) < 4.78 is 16.6. The second kappa shape index (κ2) is 26.0. The molecule has 11 heteroatoms. The number of benzene rings is 2. The summed E-state index contributed by atoms with van der Waals surface area (Å²) >= 11 is 0. The van der Waals surface area contributed by atoms with E-state index in [1.807, 2.05) is 32.0 Å². The highest BCUT2D eigenvalue weighted by Crippen LogP contribution is 2.31. The monoisotopic (exact) mass is 883 g/mol. The predicted octanol–water partition coefficient (Wildman–Crippen LogP) is 10.7. The summed E-state index contributed by atoms with van der Waals surface area (Å²) in [5.41, 5.74) is 3.99. The van der Waals surface area contributed by atoms with Crippen molar-refractivity contribution in [2.75, 3.05) is 39.4 Å². The number of ether oxygens (including phenoxy) is 3. The Bertz CT molecular complexity index is 2010. The molecule has 8 rings (SSSR count). The molecule has 2 aromatic heterocycles. The van der Waals surface area contributed by atoms with Crippen LogP contribution in [-0.4, -0.2) is 93.5 Å². The number of phenolic OH excluding ortho intramolecular Hbond substituents is 1. The third kappa shape index (κ3) is 15.4. The summed E-state index contributed by atoms with van der Waals surface area (Å²) in [6, 6.07) is 19.8. The molecule has 4 aliphatic rings. The molecule has 64 heavy (non-hydrogen) atoms. The quantitative estimate of drug-likeness (QED) is 0.132. The molecular weight excluding hydrogens is 805 g/mol. The van der Waals surface area contributed by atoms with Crippen LogP contribution in [0.3, 0.4) is 0 Å². The zero-order chi connectivity index (χ0) is 44.6. The molecule has 0 amide bonds. The second-order valence-electron chi connectivity index (χ2n) is 18.2. The lowest BCUT2D eigenvalue weighted by Crippen LogP contribution is -2.36. The maximum absolute atomic E-state index is 11.9. The van der Waals surface area contributed by atoms with E-state index in [-0.39, 0.29) is 43.1 Å². The van der Waals surface area contributed by atoms with Crippen LogP contribution in [0.15, 0.2) is 60.7 Å². The molecule has 0 unspecified atom stereocenters. The summed E-state index contributed by atoms with van der Waals surface area (Å²) in [5, 5.41) is 20.7. The molecule has 2 N–H and O–H groups in total. The molecule has 11 nitrogen and oxygen atoms in total. The number of hydrogen-bond donors (Lipinski definition) is 2. The number of aromatic nitrogens is 2. The largest absolute Gasteiger partial charge is 0.508 e. The number of carbonyl (C=O) groups is 2. The van der Waals surface area contributed by atoms with E-state index in [1.54, 1.807) is 12.1 Å². The van der Waals surface area contributed by atoms with Crippen LogP contribution >= 0.6 is 0 Å². The summed E-state index contributed by atoms with van der Waals surface area (Å²) in [4.78, 5) is 37.9. The topological polar surface area (TPSA) is 135 Å². The van der Waals surface area contributed by atoms with Gasteiger partial charge in [0.25, 0.3) is 0 Å². The first-order valence-electron chi connectivity index (χ1n) is 24.2. The van der Waals surface area contributed by atoms with E-state index >= 15 is 0 Å². The Morgan fingerprint density at radius 1 is 0.594 bits per heavy atom. The van der Waals surface area contributed by atoms with Gasteiger partial charge >= 0.3 is 11.9 Å². The lowest BCUT2D eigenvalue weighted by molar-refractivity contribution is -0.150. The summed E-state index contributed by atoms with van der Waals surface area (Å²) in [6.45, 7) is 14.4. The van der Waals surface area contributed by atoms with E-state index in [4.69, 9.17) is 24.3 Å². The van der Waals surface area contributed by atoms with E-state index in [0.717, 1.165) is 129 Å². The second-order valence-corrected chi connectivity index (χ2v) is 18.2. The first-order chi connectivity index (χ1) is 30.6. The van der Waals surface area contributed by atoms with Gasteiger partial charge in [-0.05, 0) is 177 Å². The minimum absolute atomic E-state index is 0. The molecule has 2 aromatic carbocycles. The number of nitrogens with zero attached hydrogens (tertiary/aromatic N) is 4. The van der Waals surface area contributed by atoms with E-state index in [2.05, 4.69) is 59.0 Å². The van der Waals surface area contributed by atoms with E-state index in [9.17, 15) is 14.7 Å².